The molecule has 0 aromatic heterocycles. The summed E-state index contributed by atoms with van der Waals surface area (Å²) in [6, 6.07) is 15.3. The summed E-state index contributed by atoms with van der Waals surface area (Å²) in [6.45, 7) is 0. The zero-order valence-corrected chi connectivity index (χ0v) is 13.1. The number of rotatable bonds is 5. The highest BCUT2D eigenvalue weighted by atomic mass is 35.5. The third-order valence-electron chi connectivity index (χ3n) is 3.20. The molecule has 1 unspecified atom stereocenters. The molecule has 0 radical (unpaired) electrons. The maximum absolute atomic E-state index is 12.5. The highest BCUT2D eigenvalue weighted by molar-refractivity contribution is 7.92. The molecule has 110 valence electrons. The fraction of sp³-hybridized carbons (Fsp3) is 0.188. The lowest BCUT2D eigenvalue weighted by Gasteiger charge is -2.14. The van der Waals surface area contributed by atoms with Gasteiger partial charge in [-0.05, 0) is 24.1 Å². The Hall–Kier alpha value is -1.65. The molecular weight excluding hydrogens is 308 g/mol. The SMILES string of the molecule is CS(=O)(=O)C(Cc1ccc(Cl)cc1)C(=O)c1ccccc1. The van der Waals surface area contributed by atoms with Crippen LogP contribution in [0.5, 0.6) is 0 Å². The van der Waals surface area contributed by atoms with Crippen LogP contribution >= 0.6 is 11.6 Å². The fourth-order valence-corrected chi connectivity index (χ4v) is 3.21. The van der Waals surface area contributed by atoms with Crippen molar-refractivity contribution in [2.75, 3.05) is 6.26 Å². The molecule has 0 heterocycles. The maximum Gasteiger partial charge on any atom is 0.181 e. The van der Waals surface area contributed by atoms with E-state index in [1.807, 2.05) is 0 Å². The number of Topliss-reactive ketones (excluding diaryl/α,β-unsaturated/α-hetero) is 1. The third kappa shape index (κ3) is 4.16. The maximum atomic E-state index is 12.5. The van der Waals surface area contributed by atoms with Crippen molar-refractivity contribution in [2.24, 2.45) is 0 Å². The van der Waals surface area contributed by atoms with Gasteiger partial charge in [0.2, 0.25) is 0 Å². The van der Waals surface area contributed by atoms with Crippen molar-refractivity contribution >= 4 is 27.2 Å². The monoisotopic (exact) mass is 322 g/mol. The van der Waals surface area contributed by atoms with E-state index in [1.54, 1.807) is 54.6 Å². The van der Waals surface area contributed by atoms with Crippen LogP contribution in [0, 0.1) is 0 Å². The molecule has 0 aliphatic heterocycles. The first kappa shape index (κ1) is 15.7. The predicted octanol–water partition coefficient (Wildman–Crippen LogP) is 3.18. The molecule has 5 heteroatoms. The Morgan fingerprint density at radius 3 is 2.14 bits per heavy atom. The van der Waals surface area contributed by atoms with E-state index in [4.69, 9.17) is 11.6 Å². The molecule has 0 bridgehead atoms. The van der Waals surface area contributed by atoms with Crippen LogP contribution in [0.4, 0.5) is 0 Å². The van der Waals surface area contributed by atoms with Crippen LogP contribution < -0.4 is 0 Å². The predicted molar refractivity (Wildman–Crippen MR) is 84.6 cm³/mol. The van der Waals surface area contributed by atoms with Gasteiger partial charge in [0.05, 0.1) is 0 Å². The highest BCUT2D eigenvalue weighted by Crippen LogP contribution is 2.17. The summed E-state index contributed by atoms with van der Waals surface area (Å²) in [7, 11) is -3.50. The Morgan fingerprint density at radius 1 is 1.05 bits per heavy atom. The normalized spacial score (nSPS) is 12.9. The zero-order valence-electron chi connectivity index (χ0n) is 11.5. The van der Waals surface area contributed by atoms with E-state index < -0.39 is 15.1 Å². The number of halogens is 1. The van der Waals surface area contributed by atoms with Crippen LogP contribution in [0.3, 0.4) is 0 Å². The van der Waals surface area contributed by atoms with E-state index in [0.29, 0.717) is 10.6 Å². The van der Waals surface area contributed by atoms with Gasteiger partial charge in [-0.15, -0.1) is 0 Å². The molecule has 0 saturated carbocycles. The fourth-order valence-electron chi connectivity index (χ4n) is 2.06. The van der Waals surface area contributed by atoms with Gasteiger partial charge in [-0.3, -0.25) is 4.79 Å². The number of hydrogen-bond donors (Lipinski definition) is 0. The molecule has 0 fully saturated rings. The van der Waals surface area contributed by atoms with E-state index in [9.17, 15) is 13.2 Å². The summed E-state index contributed by atoms with van der Waals surface area (Å²) in [5.41, 5.74) is 1.17. The largest absolute Gasteiger partial charge is 0.293 e. The summed E-state index contributed by atoms with van der Waals surface area (Å²) in [5, 5.41) is -0.509. The van der Waals surface area contributed by atoms with Crippen molar-refractivity contribution < 1.29 is 13.2 Å². The summed E-state index contributed by atoms with van der Waals surface area (Å²) in [5.74, 6) is -0.381. The number of sulfone groups is 1. The van der Waals surface area contributed by atoms with Gasteiger partial charge in [0.25, 0.3) is 0 Å². The minimum atomic E-state index is -3.50. The van der Waals surface area contributed by atoms with Gasteiger partial charge in [-0.1, -0.05) is 54.1 Å². The third-order valence-corrected chi connectivity index (χ3v) is 4.87. The Kier molecular flexibility index (Phi) is 4.80. The van der Waals surface area contributed by atoms with E-state index in [0.717, 1.165) is 11.8 Å². The Labute approximate surface area is 129 Å². The number of ketones is 1. The summed E-state index contributed by atoms with van der Waals surface area (Å²) >= 11 is 5.81. The number of carbonyl (C=O) groups is 1. The van der Waals surface area contributed by atoms with Gasteiger partial charge in [-0.2, -0.15) is 0 Å². The Bertz CT molecular complexity index is 722. The second kappa shape index (κ2) is 6.41. The molecule has 0 saturated heterocycles. The molecular formula is C16H15ClO3S. The molecule has 0 aliphatic rings. The van der Waals surface area contributed by atoms with Crippen molar-refractivity contribution in [1.82, 2.24) is 0 Å². The second-order valence-corrected chi connectivity index (χ2v) is 7.54. The van der Waals surface area contributed by atoms with Gasteiger partial charge in [0, 0.05) is 16.8 Å². The van der Waals surface area contributed by atoms with Gasteiger partial charge in [-0.25, -0.2) is 8.42 Å². The van der Waals surface area contributed by atoms with Crippen LogP contribution in [0.2, 0.25) is 5.02 Å². The molecule has 0 N–H and O–H groups in total. The van der Waals surface area contributed by atoms with E-state index in [-0.39, 0.29) is 12.2 Å². The molecule has 2 aromatic rings. The van der Waals surface area contributed by atoms with Crippen molar-refractivity contribution in [2.45, 2.75) is 11.7 Å². The Balaban J connectivity index is 2.32. The van der Waals surface area contributed by atoms with Crippen LogP contribution in [-0.4, -0.2) is 25.7 Å². The van der Waals surface area contributed by atoms with Gasteiger partial charge in [0.15, 0.2) is 15.6 Å². The zero-order chi connectivity index (χ0) is 15.5. The smallest absolute Gasteiger partial charge is 0.181 e. The van der Waals surface area contributed by atoms with E-state index in [1.165, 1.54) is 0 Å². The average molecular weight is 323 g/mol. The molecule has 0 amide bonds. The quantitative estimate of drug-likeness (QED) is 0.794. The molecule has 1 atom stereocenters. The molecule has 2 aromatic carbocycles. The lowest BCUT2D eigenvalue weighted by atomic mass is 10.0. The second-order valence-electron chi connectivity index (χ2n) is 4.88. The molecule has 0 aliphatic carbocycles. The van der Waals surface area contributed by atoms with Crippen molar-refractivity contribution in [1.29, 1.82) is 0 Å². The lowest BCUT2D eigenvalue weighted by Crippen LogP contribution is -2.31. The molecule has 2 rings (SSSR count). The number of benzene rings is 2. The minimum Gasteiger partial charge on any atom is -0.293 e. The van der Waals surface area contributed by atoms with E-state index >= 15 is 0 Å². The van der Waals surface area contributed by atoms with Crippen LogP contribution in [0.15, 0.2) is 54.6 Å². The molecule has 3 nitrogen and oxygen atoms in total. The van der Waals surface area contributed by atoms with Gasteiger partial charge < -0.3 is 0 Å². The van der Waals surface area contributed by atoms with Crippen molar-refractivity contribution in [3.8, 4) is 0 Å². The number of hydrogen-bond acceptors (Lipinski definition) is 3. The topological polar surface area (TPSA) is 51.2 Å². The van der Waals surface area contributed by atoms with Crippen LogP contribution in [0.25, 0.3) is 0 Å². The first-order valence-electron chi connectivity index (χ1n) is 6.40. The first-order chi connectivity index (χ1) is 9.88. The van der Waals surface area contributed by atoms with Crippen LogP contribution in [-0.2, 0) is 16.3 Å². The van der Waals surface area contributed by atoms with Gasteiger partial charge >= 0.3 is 0 Å². The highest BCUT2D eigenvalue weighted by Gasteiger charge is 2.29. The van der Waals surface area contributed by atoms with E-state index in [2.05, 4.69) is 0 Å². The summed E-state index contributed by atoms with van der Waals surface area (Å²) < 4.78 is 23.9. The molecule has 21 heavy (non-hydrogen) atoms. The summed E-state index contributed by atoms with van der Waals surface area (Å²) in [6.07, 6.45) is 1.23. The van der Waals surface area contributed by atoms with Crippen LogP contribution in [0.1, 0.15) is 15.9 Å². The average Bonchev–Trinajstić information content (AvgIpc) is 2.45. The lowest BCUT2D eigenvalue weighted by molar-refractivity contribution is 0.0986. The Morgan fingerprint density at radius 2 is 1.62 bits per heavy atom. The first-order valence-corrected chi connectivity index (χ1v) is 8.74. The van der Waals surface area contributed by atoms with Crippen molar-refractivity contribution in [3.05, 3.63) is 70.7 Å². The molecule has 0 spiro atoms. The van der Waals surface area contributed by atoms with Gasteiger partial charge in [0.1, 0.15) is 5.25 Å². The minimum absolute atomic E-state index is 0.143. The summed E-state index contributed by atoms with van der Waals surface area (Å²) in [4.78, 5) is 12.5. The number of carbonyl (C=O) groups excluding carboxylic acids is 1. The standard InChI is InChI=1S/C16H15ClO3S/c1-21(19,20)15(11-12-7-9-14(17)10-8-12)16(18)13-5-3-2-4-6-13/h2-10,15H,11H2,1H3. The van der Waals surface area contributed by atoms with Crippen molar-refractivity contribution in [3.63, 3.8) is 0 Å².